The largest absolute Gasteiger partial charge is 0.324 e. The van der Waals surface area contributed by atoms with Crippen LogP contribution in [0.5, 0.6) is 0 Å². The number of nitrogens with one attached hydrogen (secondary N) is 1. The number of alkyl halides is 1. The van der Waals surface area contributed by atoms with Crippen molar-refractivity contribution in [2.45, 2.75) is 0 Å². The van der Waals surface area contributed by atoms with E-state index in [9.17, 15) is 9.59 Å². The van der Waals surface area contributed by atoms with Crippen LogP contribution in [0, 0.1) is 3.57 Å². The number of ketones is 1. The molecule has 0 bridgehead atoms. The van der Waals surface area contributed by atoms with Gasteiger partial charge in [-0.25, -0.2) is 0 Å². The molecule has 3 rings (SSSR count). The van der Waals surface area contributed by atoms with E-state index < -0.39 is 0 Å². The molecule has 20 heavy (non-hydrogen) atoms. The Morgan fingerprint density at radius 1 is 1.30 bits per heavy atom. The number of rotatable bonds is 2. The smallest absolute Gasteiger partial charge is 0.239 e. The third-order valence-electron chi connectivity index (χ3n) is 3.21. The lowest BCUT2D eigenvalue weighted by atomic mass is 9.91. The number of halogens is 2. The lowest BCUT2D eigenvalue weighted by Crippen LogP contribution is -2.14. The molecule has 1 aliphatic rings. The van der Waals surface area contributed by atoms with E-state index in [2.05, 4.69) is 27.9 Å². The lowest BCUT2D eigenvalue weighted by molar-refractivity contribution is -0.113. The fourth-order valence-corrected chi connectivity index (χ4v) is 3.20. The monoisotopic (exact) mass is 397 g/mol. The second kappa shape index (κ2) is 5.18. The predicted molar refractivity (Wildman–Crippen MR) is 89.4 cm³/mol. The fraction of sp³-hybridized carbons (Fsp3) is 0.0667. The predicted octanol–water partition coefficient (Wildman–Crippen LogP) is 3.83. The van der Waals surface area contributed by atoms with Crippen molar-refractivity contribution in [2.24, 2.45) is 0 Å². The summed E-state index contributed by atoms with van der Waals surface area (Å²) in [6.07, 6.45) is 3.39. The first-order valence-corrected chi connectivity index (χ1v) is 7.56. The maximum atomic E-state index is 11.9. The van der Waals surface area contributed by atoms with E-state index >= 15 is 0 Å². The Morgan fingerprint density at radius 3 is 2.85 bits per heavy atom. The molecule has 2 aromatic carbocycles. The molecular formula is C15H9ClINO2. The van der Waals surface area contributed by atoms with E-state index in [1.165, 1.54) is 0 Å². The Hall–Kier alpha value is -1.40. The molecule has 0 spiro atoms. The first-order valence-electron chi connectivity index (χ1n) is 5.95. The molecule has 2 aromatic rings. The molecule has 0 saturated heterocycles. The standard InChI is InChI=1S/C15H9ClINO2/c16-7-13(20)18-15-10-3-1-2-9-12(19)5-4-8(14(9)10)6-11(15)17/h1-6H,7H2,(H,18,20). The van der Waals surface area contributed by atoms with E-state index in [1.54, 1.807) is 12.1 Å². The van der Waals surface area contributed by atoms with Gasteiger partial charge < -0.3 is 5.32 Å². The van der Waals surface area contributed by atoms with E-state index in [0.29, 0.717) is 11.3 Å². The zero-order valence-corrected chi connectivity index (χ0v) is 13.2. The van der Waals surface area contributed by atoms with Crippen LogP contribution in [0.15, 0.2) is 30.3 Å². The van der Waals surface area contributed by atoms with Gasteiger partial charge >= 0.3 is 0 Å². The Labute approximate surface area is 134 Å². The molecule has 0 saturated carbocycles. The Kier molecular flexibility index (Phi) is 3.52. The summed E-state index contributed by atoms with van der Waals surface area (Å²) in [6, 6.07) is 7.49. The fourth-order valence-electron chi connectivity index (χ4n) is 2.37. The third kappa shape index (κ3) is 2.13. The minimum absolute atomic E-state index is 0.0149. The van der Waals surface area contributed by atoms with Crippen LogP contribution in [0.3, 0.4) is 0 Å². The third-order valence-corrected chi connectivity index (χ3v) is 4.30. The molecule has 0 heterocycles. The zero-order valence-electron chi connectivity index (χ0n) is 10.2. The summed E-state index contributed by atoms with van der Waals surface area (Å²) in [5, 5.41) is 4.55. The highest BCUT2D eigenvalue weighted by atomic mass is 127. The number of carbonyl (C=O) groups excluding carboxylic acids is 2. The van der Waals surface area contributed by atoms with Gasteiger partial charge in [0.15, 0.2) is 5.78 Å². The molecule has 5 heteroatoms. The quantitative estimate of drug-likeness (QED) is 0.618. The average Bonchev–Trinajstić information content (AvgIpc) is 2.46. The SMILES string of the molecule is O=C(CCl)Nc1c(I)cc2c3c(cccc13)C(=O)C=C2. The Bertz CT molecular complexity index is 783. The highest BCUT2D eigenvalue weighted by molar-refractivity contribution is 14.1. The summed E-state index contributed by atoms with van der Waals surface area (Å²) in [5.41, 5.74) is 2.36. The number of allylic oxidation sites excluding steroid dienone is 1. The zero-order chi connectivity index (χ0) is 14.3. The number of benzene rings is 2. The highest BCUT2D eigenvalue weighted by Crippen LogP contribution is 2.36. The van der Waals surface area contributed by atoms with Crippen molar-refractivity contribution in [1.29, 1.82) is 0 Å². The molecule has 0 atom stereocenters. The van der Waals surface area contributed by atoms with Gasteiger partial charge in [0.25, 0.3) is 0 Å². The summed E-state index contributed by atoms with van der Waals surface area (Å²) in [6.45, 7) is 0. The van der Waals surface area contributed by atoms with Crippen LogP contribution in [-0.4, -0.2) is 17.6 Å². The van der Waals surface area contributed by atoms with E-state index in [1.807, 2.05) is 24.3 Å². The van der Waals surface area contributed by atoms with Crippen LogP contribution in [0.2, 0.25) is 0 Å². The van der Waals surface area contributed by atoms with Crippen LogP contribution < -0.4 is 5.32 Å². The molecular weight excluding hydrogens is 389 g/mol. The van der Waals surface area contributed by atoms with Gasteiger partial charge in [-0.1, -0.05) is 24.3 Å². The van der Waals surface area contributed by atoms with Gasteiger partial charge in [0.1, 0.15) is 5.88 Å². The summed E-state index contributed by atoms with van der Waals surface area (Å²) < 4.78 is 0.916. The molecule has 3 nitrogen and oxygen atoms in total. The number of carbonyl (C=O) groups is 2. The van der Waals surface area contributed by atoms with Gasteiger partial charge in [-0.05, 0) is 40.3 Å². The van der Waals surface area contributed by atoms with E-state index in [-0.39, 0.29) is 17.6 Å². The van der Waals surface area contributed by atoms with Crippen molar-refractivity contribution < 1.29 is 9.59 Å². The van der Waals surface area contributed by atoms with Crippen molar-refractivity contribution in [3.8, 4) is 0 Å². The van der Waals surface area contributed by atoms with Crippen LogP contribution >= 0.6 is 34.2 Å². The topological polar surface area (TPSA) is 46.2 Å². The number of amides is 1. The number of hydrogen-bond donors (Lipinski definition) is 1. The Morgan fingerprint density at radius 2 is 2.10 bits per heavy atom. The summed E-state index contributed by atoms with van der Waals surface area (Å²) in [7, 11) is 0. The molecule has 0 unspecified atom stereocenters. The molecule has 100 valence electrons. The van der Waals surface area contributed by atoms with Gasteiger partial charge in [-0.15, -0.1) is 11.6 Å². The molecule has 0 fully saturated rings. The summed E-state index contributed by atoms with van der Waals surface area (Å²) >= 11 is 7.72. The highest BCUT2D eigenvalue weighted by Gasteiger charge is 2.19. The Balaban J connectivity index is 2.33. The van der Waals surface area contributed by atoms with Gasteiger partial charge in [0, 0.05) is 19.9 Å². The van der Waals surface area contributed by atoms with Crippen LogP contribution in [-0.2, 0) is 4.79 Å². The minimum Gasteiger partial charge on any atom is -0.324 e. The van der Waals surface area contributed by atoms with Gasteiger partial charge in [-0.2, -0.15) is 0 Å². The molecule has 0 aliphatic heterocycles. The van der Waals surface area contributed by atoms with Gasteiger partial charge in [-0.3, -0.25) is 9.59 Å². The van der Waals surface area contributed by atoms with Crippen molar-refractivity contribution in [1.82, 2.24) is 0 Å². The minimum atomic E-state index is -0.261. The summed E-state index contributed by atoms with van der Waals surface area (Å²) in [4.78, 5) is 23.5. The average molecular weight is 398 g/mol. The maximum absolute atomic E-state index is 11.9. The van der Waals surface area contributed by atoms with Crippen molar-refractivity contribution >= 4 is 68.4 Å². The van der Waals surface area contributed by atoms with E-state index in [4.69, 9.17) is 11.6 Å². The number of anilines is 1. The summed E-state index contributed by atoms with van der Waals surface area (Å²) in [5.74, 6) is -0.375. The van der Waals surface area contributed by atoms with Gasteiger partial charge in [0.05, 0.1) is 5.69 Å². The van der Waals surface area contributed by atoms with Crippen molar-refractivity contribution in [3.63, 3.8) is 0 Å². The first-order chi connectivity index (χ1) is 9.61. The normalized spacial score (nSPS) is 12.8. The molecule has 0 aromatic heterocycles. The molecule has 0 radical (unpaired) electrons. The van der Waals surface area contributed by atoms with Crippen LogP contribution in [0.4, 0.5) is 5.69 Å². The van der Waals surface area contributed by atoms with E-state index in [0.717, 1.165) is 19.9 Å². The van der Waals surface area contributed by atoms with Gasteiger partial charge in [0.2, 0.25) is 5.91 Å². The number of hydrogen-bond acceptors (Lipinski definition) is 2. The van der Waals surface area contributed by atoms with Crippen molar-refractivity contribution in [2.75, 3.05) is 11.2 Å². The maximum Gasteiger partial charge on any atom is 0.239 e. The molecule has 1 amide bonds. The van der Waals surface area contributed by atoms with Crippen molar-refractivity contribution in [3.05, 3.63) is 45.0 Å². The molecule has 1 aliphatic carbocycles. The second-order valence-corrected chi connectivity index (χ2v) is 5.86. The van der Waals surface area contributed by atoms with Crippen LogP contribution in [0.1, 0.15) is 15.9 Å². The lowest BCUT2D eigenvalue weighted by Gasteiger charge is -2.17. The first kappa shape index (κ1) is 13.6. The second-order valence-electron chi connectivity index (χ2n) is 4.43. The molecule has 1 N–H and O–H groups in total. The van der Waals surface area contributed by atoms with Crippen LogP contribution in [0.25, 0.3) is 16.8 Å².